The number of pyridine rings is 1. The van der Waals surface area contributed by atoms with E-state index >= 15 is 0 Å². The number of aromatic nitrogens is 1. The summed E-state index contributed by atoms with van der Waals surface area (Å²) in [7, 11) is -1.85. The maximum absolute atomic E-state index is 14.2. The topological polar surface area (TPSA) is 124 Å². The van der Waals surface area contributed by atoms with E-state index in [0.717, 1.165) is 52.5 Å². The van der Waals surface area contributed by atoms with Crippen LogP contribution in [0.25, 0.3) is 11.3 Å². The number of benzene rings is 4. The summed E-state index contributed by atoms with van der Waals surface area (Å²) in [6.45, 7) is 2.11. The van der Waals surface area contributed by atoms with Crippen molar-refractivity contribution in [1.82, 2.24) is 15.2 Å². The monoisotopic (exact) mass is 737 g/mol. The second-order valence-electron chi connectivity index (χ2n) is 12.8. The standard InChI is InChI=1S/C41H40FN3O7S/c1-50-38-17-11-33(22-35(38)42)37(46)15-18-41(47)45(26-30-8-16-39-40(21-30)52-27-51-39)25-29-3-9-32(10-4-29)36-14-7-31(24-44-36)23-43-20-19-28-5-12-34(13-6-28)53(2,48)49/h3-14,16-17,21-22,24,43H,15,18-20,23,25-27H2,1-2H3. The predicted molar refractivity (Wildman–Crippen MR) is 198 cm³/mol. The van der Waals surface area contributed by atoms with Gasteiger partial charge in [-0.05, 0) is 83.8 Å². The van der Waals surface area contributed by atoms with Gasteiger partial charge >= 0.3 is 0 Å². The van der Waals surface area contributed by atoms with Gasteiger partial charge in [0.05, 0.1) is 17.7 Å². The quantitative estimate of drug-likeness (QED) is 0.0887. The van der Waals surface area contributed by atoms with Gasteiger partial charge in [0.25, 0.3) is 0 Å². The SMILES string of the molecule is COc1ccc(C(=O)CCC(=O)N(Cc2ccc(-c3ccc(CNCCc4ccc(S(C)(=O)=O)cc4)cn3)cc2)Cc2ccc3c(c2)OCO3)cc1F. The molecule has 1 aliphatic rings. The summed E-state index contributed by atoms with van der Waals surface area (Å²) < 4.78 is 53.5. The van der Waals surface area contributed by atoms with Gasteiger partial charge in [-0.25, -0.2) is 12.8 Å². The Morgan fingerprint density at radius 2 is 1.53 bits per heavy atom. The van der Waals surface area contributed by atoms with Crippen molar-refractivity contribution in [3.8, 4) is 28.5 Å². The molecule has 4 aromatic carbocycles. The van der Waals surface area contributed by atoms with Crippen molar-refractivity contribution >= 4 is 21.5 Å². The summed E-state index contributed by atoms with van der Waals surface area (Å²) in [5, 5.41) is 3.41. The summed E-state index contributed by atoms with van der Waals surface area (Å²) in [6, 6.07) is 28.4. The Bertz CT molecular complexity index is 2180. The van der Waals surface area contributed by atoms with Gasteiger partial charge in [0.15, 0.2) is 38.7 Å². The van der Waals surface area contributed by atoms with Crippen molar-refractivity contribution in [2.45, 2.75) is 43.8 Å². The molecule has 5 aromatic rings. The molecule has 1 N–H and O–H groups in total. The predicted octanol–water partition coefficient (Wildman–Crippen LogP) is 6.55. The van der Waals surface area contributed by atoms with Crippen LogP contribution in [-0.2, 0) is 40.7 Å². The van der Waals surface area contributed by atoms with E-state index in [4.69, 9.17) is 14.2 Å². The van der Waals surface area contributed by atoms with Crippen LogP contribution in [0.3, 0.4) is 0 Å². The minimum Gasteiger partial charge on any atom is -0.494 e. The molecule has 6 rings (SSSR count). The maximum atomic E-state index is 14.2. The van der Waals surface area contributed by atoms with Gasteiger partial charge in [0, 0.05) is 56.1 Å². The Morgan fingerprint density at radius 3 is 2.23 bits per heavy atom. The lowest BCUT2D eigenvalue weighted by Crippen LogP contribution is -2.30. The number of carbonyl (C=O) groups is 2. The molecule has 274 valence electrons. The van der Waals surface area contributed by atoms with Crippen LogP contribution in [0.5, 0.6) is 17.2 Å². The average molecular weight is 738 g/mol. The fourth-order valence-corrected chi connectivity index (χ4v) is 6.56. The number of hydrogen-bond acceptors (Lipinski definition) is 9. The Labute approximate surface area is 308 Å². The zero-order valence-electron chi connectivity index (χ0n) is 29.5. The lowest BCUT2D eigenvalue weighted by atomic mass is 10.0. The number of ketones is 1. The number of Topliss-reactive ketones (excluding diaryl/α,β-unsaturated/α-hetero) is 1. The summed E-state index contributed by atoms with van der Waals surface area (Å²) >= 11 is 0. The summed E-state index contributed by atoms with van der Waals surface area (Å²) in [6.07, 6.45) is 3.69. The lowest BCUT2D eigenvalue weighted by Gasteiger charge is -2.23. The van der Waals surface area contributed by atoms with E-state index in [1.807, 2.05) is 72.9 Å². The molecule has 1 amide bonds. The molecule has 0 radical (unpaired) electrons. The Balaban J connectivity index is 1.06. The number of rotatable bonds is 16. The number of nitrogens with one attached hydrogen (secondary N) is 1. The summed E-state index contributed by atoms with van der Waals surface area (Å²) in [5.41, 5.74) is 5.77. The number of amides is 1. The van der Waals surface area contributed by atoms with Crippen LogP contribution < -0.4 is 19.5 Å². The first-order chi connectivity index (χ1) is 25.6. The Kier molecular flexibility index (Phi) is 11.8. The molecule has 1 aromatic heterocycles. The minimum atomic E-state index is -3.21. The van der Waals surface area contributed by atoms with E-state index in [-0.39, 0.29) is 49.2 Å². The first-order valence-corrected chi connectivity index (χ1v) is 19.0. The second kappa shape index (κ2) is 16.8. The largest absolute Gasteiger partial charge is 0.494 e. The number of carbonyl (C=O) groups excluding carboxylic acids is 2. The fraction of sp³-hybridized carbons (Fsp3) is 0.244. The number of hydrogen-bond donors (Lipinski definition) is 1. The molecule has 0 spiro atoms. The van der Waals surface area contributed by atoms with Crippen LogP contribution in [0.15, 0.2) is 108 Å². The van der Waals surface area contributed by atoms with E-state index in [1.165, 1.54) is 25.5 Å². The second-order valence-corrected chi connectivity index (χ2v) is 14.8. The molecule has 0 aliphatic carbocycles. The van der Waals surface area contributed by atoms with E-state index < -0.39 is 15.7 Å². The van der Waals surface area contributed by atoms with Gasteiger partial charge in [0.2, 0.25) is 12.7 Å². The highest BCUT2D eigenvalue weighted by molar-refractivity contribution is 7.90. The van der Waals surface area contributed by atoms with Crippen molar-refractivity contribution in [3.63, 3.8) is 0 Å². The van der Waals surface area contributed by atoms with Crippen LogP contribution in [-0.4, -0.2) is 56.7 Å². The molecular formula is C41H40FN3O7S. The average Bonchev–Trinajstić information content (AvgIpc) is 3.64. The molecule has 0 fully saturated rings. The molecule has 0 saturated carbocycles. The Morgan fingerprint density at radius 1 is 0.830 bits per heavy atom. The van der Waals surface area contributed by atoms with Gasteiger partial charge in [-0.1, -0.05) is 48.5 Å². The van der Waals surface area contributed by atoms with Crippen molar-refractivity contribution in [2.24, 2.45) is 0 Å². The van der Waals surface area contributed by atoms with Gasteiger partial charge in [-0.15, -0.1) is 0 Å². The molecule has 0 saturated heterocycles. The maximum Gasteiger partial charge on any atom is 0.231 e. The molecule has 12 heteroatoms. The number of methoxy groups -OCH3 is 1. The first-order valence-electron chi connectivity index (χ1n) is 17.1. The van der Waals surface area contributed by atoms with Gasteiger partial charge < -0.3 is 24.4 Å². The third-order valence-corrected chi connectivity index (χ3v) is 10.1. The first kappa shape index (κ1) is 37.2. The lowest BCUT2D eigenvalue weighted by molar-refractivity contribution is -0.132. The molecule has 10 nitrogen and oxygen atoms in total. The molecule has 0 atom stereocenters. The molecule has 53 heavy (non-hydrogen) atoms. The summed E-state index contributed by atoms with van der Waals surface area (Å²) in [4.78, 5) is 33.2. The van der Waals surface area contributed by atoms with Crippen molar-refractivity contribution in [1.29, 1.82) is 0 Å². The molecule has 2 heterocycles. The van der Waals surface area contributed by atoms with Crippen molar-refractivity contribution < 1.29 is 36.6 Å². The number of halogens is 1. The van der Waals surface area contributed by atoms with Crippen molar-refractivity contribution in [2.75, 3.05) is 26.7 Å². The molecule has 1 aliphatic heterocycles. The smallest absolute Gasteiger partial charge is 0.231 e. The highest BCUT2D eigenvalue weighted by Gasteiger charge is 2.20. The normalized spacial score (nSPS) is 12.1. The number of sulfone groups is 1. The summed E-state index contributed by atoms with van der Waals surface area (Å²) in [5.74, 6) is 0.124. The Hall–Kier alpha value is -5.59. The fourth-order valence-electron chi connectivity index (χ4n) is 5.92. The zero-order valence-corrected chi connectivity index (χ0v) is 30.3. The van der Waals surface area contributed by atoms with Gasteiger partial charge in [-0.3, -0.25) is 14.6 Å². The van der Waals surface area contributed by atoms with E-state index in [9.17, 15) is 22.4 Å². The van der Waals surface area contributed by atoms with Gasteiger partial charge in [-0.2, -0.15) is 0 Å². The van der Waals surface area contributed by atoms with Crippen LogP contribution in [0, 0.1) is 5.82 Å². The molecule has 0 bridgehead atoms. The number of ether oxygens (including phenoxy) is 3. The third-order valence-electron chi connectivity index (χ3n) is 8.92. The van der Waals surface area contributed by atoms with Gasteiger partial charge in [0.1, 0.15) is 0 Å². The molecule has 0 unspecified atom stereocenters. The van der Waals surface area contributed by atoms with Crippen LogP contribution in [0.1, 0.15) is 45.5 Å². The minimum absolute atomic E-state index is 0.0429. The zero-order chi connectivity index (χ0) is 37.4. The van der Waals surface area contributed by atoms with Crippen LogP contribution in [0.2, 0.25) is 0 Å². The number of fused-ring (bicyclic) bond motifs is 1. The van der Waals surface area contributed by atoms with Crippen molar-refractivity contribution in [3.05, 3.63) is 137 Å². The van der Waals surface area contributed by atoms with E-state index in [0.29, 0.717) is 29.5 Å². The molecular weight excluding hydrogens is 698 g/mol. The highest BCUT2D eigenvalue weighted by Crippen LogP contribution is 2.33. The highest BCUT2D eigenvalue weighted by atomic mass is 32.2. The van der Waals surface area contributed by atoms with Crippen LogP contribution in [0.4, 0.5) is 4.39 Å². The van der Waals surface area contributed by atoms with E-state index in [2.05, 4.69) is 10.3 Å². The third kappa shape index (κ3) is 9.85. The van der Waals surface area contributed by atoms with Crippen LogP contribution >= 0.6 is 0 Å². The number of nitrogens with zero attached hydrogens (tertiary/aromatic N) is 2. The van der Waals surface area contributed by atoms with E-state index in [1.54, 1.807) is 17.0 Å².